The second kappa shape index (κ2) is 5.80. The molecule has 0 amide bonds. The molecule has 25 heavy (non-hydrogen) atoms. The summed E-state index contributed by atoms with van der Waals surface area (Å²) in [6.07, 6.45) is 0. The second-order valence-corrected chi connectivity index (χ2v) is 7.74. The van der Waals surface area contributed by atoms with Crippen LogP contribution in [0, 0.1) is 0 Å². The maximum Gasteiger partial charge on any atom is 0.169 e. The van der Waals surface area contributed by atoms with Gasteiger partial charge in [-0.3, -0.25) is 0 Å². The van der Waals surface area contributed by atoms with Crippen LogP contribution in [0.2, 0.25) is 13.6 Å². The van der Waals surface area contributed by atoms with Crippen LogP contribution >= 0.6 is 0 Å². The quantitative estimate of drug-likeness (QED) is 0.542. The van der Waals surface area contributed by atoms with Crippen molar-refractivity contribution in [2.45, 2.75) is 32.9 Å². The van der Waals surface area contributed by atoms with E-state index in [-0.39, 0.29) is 5.41 Å². The van der Waals surface area contributed by atoms with E-state index in [0.717, 1.165) is 0 Å². The van der Waals surface area contributed by atoms with Crippen LogP contribution in [0.1, 0.15) is 25.0 Å². The minimum atomic E-state index is 0.00155. The Morgan fingerprint density at radius 2 is 1.16 bits per heavy atom. The predicted octanol–water partition coefficient (Wildman–Crippen LogP) is 5.76. The van der Waals surface area contributed by atoms with E-state index >= 15 is 0 Å². The SMILES string of the molecule is CB(C)c1ccc(N2c3ccccc3C(C)(C)c3ccccc32)cc1. The summed E-state index contributed by atoms with van der Waals surface area (Å²) in [5, 5.41) is 0. The number of rotatable bonds is 2. The van der Waals surface area contributed by atoms with Crippen molar-refractivity contribution < 1.29 is 0 Å². The second-order valence-electron chi connectivity index (χ2n) is 7.74. The van der Waals surface area contributed by atoms with Crippen molar-refractivity contribution in [3.05, 3.63) is 83.9 Å². The fourth-order valence-electron chi connectivity index (χ4n) is 3.96. The van der Waals surface area contributed by atoms with Crippen molar-refractivity contribution in [2.24, 2.45) is 0 Å². The van der Waals surface area contributed by atoms with E-state index < -0.39 is 0 Å². The monoisotopic (exact) mass is 325 g/mol. The van der Waals surface area contributed by atoms with Gasteiger partial charge >= 0.3 is 0 Å². The van der Waals surface area contributed by atoms with Crippen molar-refractivity contribution in [1.82, 2.24) is 0 Å². The van der Waals surface area contributed by atoms with Gasteiger partial charge in [-0.05, 0) is 35.4 Å². The molecule has 2 heteroatoms. The van der Waals surface area contributed by atoms with Crippen LogP contribution in [-0.2, 0) is 5.41 Å². The van der Waals surface area contributed by atoms with Gasteiger partial charge in [-0.15, -0.1) is 0 Å². The Hall–Kier alpha value is -2.48. The molecule has 0 fully saturated rings. The Labute approximate surface area is 151 Å². The van der Waals surface area contributed by atoms with E-state index in [1.807, 2.05) is 0 Å². The number of para-hydroxylation sites is 2. The number of anilines is 3. The third kappa shape index (κ3) is 2.48. The topological polar surface area (TPSA) is 3.24 Å². The summed E-state index contributed by atoms with van der Waals surface area (Å²) in [4.78, 5) is 2.40. The summed E-state index contributed by atoms with van der Waals surface area (Å²) in [5.41, 5.74) is 7.92. The van der Waals surface area contributed by atoms with Crippen molar-refractivity contribution in [3.63, 3.8) is 0 Å². The summed E-state index contributed by atoms with van der Waals surface area (Å²) in [6, 6.07) is 26.6. The molecule has 0 N–H and O–H groups in total. The first-order valence-corrected chi connectivity index (χ1v) is 9.09. The van der Waals surface area contributed by atoms with Crippen LogP contribution in [0.25, 0.3) is 0 Å². The summed E-state index contributed by atoms with van der Waals surface area (Å²) < 4.78 is 0. The standard InChI is InChI=1S/C23H24BN/c1-23(2)19-9-5-7-11-21(19)25(22-12-8-6-10-20(22)23)18-15-13-17(14-16-18)24(3)4/h5-16H,1-4H3. The zero-order chi connectivity index (χ0) is 17.6. The third-order valence-corrected chi connectivity index (χ3v) is 5.45. The highest BCUT2D eigenvalue weighted by atomic mass is 15.2. The van der Waals surface area contributed by atoms with Gasteiger partial charge in [0.1, 0.15) is 0 Å². The molecule has 0 saturated heterocycles. The van der Waals surface area contributed by atoms with Gasteiger partial charge in [-0.25, -0.2) is 0 Å². The molecule has 4 rings (SSSR count). The van der Waals surface area contributed by atoms with E-state index in [1.54, 1.807) is 0 Å². The largest absolute Gasteiger partial charge is 0.310 e. The van der Waals surface area contributed by atoms with Gasteiger partial charge in [-0.2, -0.15) is 0 Å². The van der Waals surface area contributed by atoms with Crippen LogP contribution in [0.4, 0.5) is 17.1 Å². The maximum absolute atomic E-state index is 2.40. The molecule has 0 aliphatic carbocycles. The van der Waals surface area contributed by atoms with Gasteiger partial charge in [0.25, 0.3) is 0 Å². The molecule has 1 nitrogen and oxygen atoms in total. The Morgan fingerprint density at radius 3 is 1.64 bits per heavy atom. The molecule has 1 aliphatic rings. The highest BCUT2D eigenvalue weighted by Gasteiger charge is 2.36. The molecule has 3 aromatic rings. The number of hydrogen-bond donors (Lipinski definition) is 0. The van der Waals surface area contributed by atoms with E-state index in [4.69, 9.17) is 0 Å². The molecule has 0 bridgehead atoms. The molecule has 124 valence electrons. The summed E-state index contributed by atoms with van der Waals surface area (Å²) >= 11 is 0. The number of benzene rings is 3. The highest BCUT2D eigenvalue weighted by molar-refractivity contribution is 6.70. The molecule has 1 aliphatic heterocycles. The Bertz CT molecular complexity index is 860. The number of fused-ring (bicyclic) bond motifs is 2. The molecule has 0 unspecified atom stereocenters. The summed E-state index contributed by atoms with van der Waals surface area (Å²) in [6.45, 7) is 9.67. The van der Waals surface area contributed by atoms with Gasteiger partial charge < -0.3 is 4.90 Å². The fraction of sp³-hybridized carbons (Fsp3) is 0.217. The van der Waals surface area contributed by atoms with Gasteiger partial charge in [0, 0.05) is 11.1 Å². The molecule has 0 spiro atoms. The van der Waals surface area contributed by atoms with Crippen LogP contribution in [0.3, 0.4) is 0 Å². The molecule has 0 radical (unpaired) electrons. The minimum absolute atomic E-state index is 0.00155. The smallest absolute Gasteiger partial charge is 0.169 e. The zero-order valence-corrected chi connectivity index (χ0v) is 15.5. The fourth-order valence-corrected chi connectivity index (χ4v) is 3.96. The van der Waals surface area contributed by atoms with Gasteiger partial charge in [0.2, 0.25) is 0 Å². The Kier molecular flexibility index (Phi) is 3.72. The normalized spacial score (nSPS) is 14.6. The van der Waals surface area contributed by atoms with Crippen molar-refractivity contribution in [1.29, 1.82) is 0 Å². The van der Waals surface area contributed by atoms with E-state index in [1.165, 1.54) is 33.7 Å². The lowest BCUT2D eigenvalue weighted by Crippen LogP contribution is -2.30. The number of hydrogen-bond acceptors (Lipinski definition) is 1. The van der Waals surface area contributed by atoms with Crippen molar-refractivity contribution in [2.75, 3.05) is 4.90 Å². The lowest BCUT2D eigenvalue weighted by atomic mass is 9.49. The summed E-state index contributed by atoms with van der Waals surface area (Å²) in [7, 11) is 0. The molecule has 1 heterocycles. The predicted molar refractivity (Wildman–Crippen MR) is 110 cm³/mol. The maximum atomic E-state index is 2.40. The average molecular weight is 325 g/mol. The average Bonchev–Trinajstić information content (AvgIpc) is 2.62. The first-order valence-electron chi connectivity index (χ1n) is 9.09. The lowest BCUT2D eigenvalue weighted by molar-refractivity contribution is 0.632. The Morgan fingerprint density at radius 1 is 0.680 bits per heavy atom. The molecular formula is C23H24BN. The lowest BCUT2D eigenvalue weighted by Gasteiger charge is -2.42. The third-order valence-electron chi connectivity index (χ3n) is 5.45. The van der Waals surface area contributed by atoms with E-state index in [0.29, 0.717) is 6.71 Å². The van der Waals surface area contributed by atoms with Gasteiger partial charge in [-0.1, -0.05) is 81.5 Å². The van der Waals surface area contributed by atoms with Gasteiger partial charge in [0.15, 0.2) is 6.71 Å². The molecule has 3 aromatic carbocycles. The summed E-state index contributed by atoms with van der Waals surface area (Å²) in [5.74, 6) is 0. The first kappa shape index (κ1) is 16.0. The molecular weight excluding hydrogens is 301 g/mol. The van der Waals surface area contributed by atoms with Gasteiger partial charge in [0.05, 0.1) is 11.4 Å². The van der Waals surface area contributed by atoms with Crippen LogP contribution < -0.4 is 10.4 Å². The highest BCUT2D eigenvalue weighted by Crippen LogP contribution is 2.51. The molecule has 0 atom stereocenters. The van der Waals surface area contributed by atoms with Crippen LogP contribution in [0.5, 0.6) is 0 Å². The minimum Gasteiger partial charge on any atom is -0.310 e. The molecule has 0 saturated carbocycles. The zero-order valence-electron chi connectivity index (χ0n) is 15.5. The molecule has 0 aromatic heterocycles. The first-order chi connectivity index (χ1) is 12.0. The van der Waals surface area contributed by atoms with E-state index in [2.05, 4.69) is 105 Å². The van der Waals surface area contributed by atoms with Crippen molar-refractivity contribution >= 4 is 29.2 Å². The van der Waals surface area contributed by atoms with Crippen LogP contribution in [0.15, 0.2) is 72.8 Å². The number of nitrogens with zero attached hydrogens (tertiary/aromatic N) is 1. The van der Waals surface area contributed by atoms with E-state index in [9.17, 15) is 0 Å². The van der Waals surface area contributed by atoms with Crippen molar-refractivity contribution in [3.8, 4) is 0 Å². The Balaban J connectivity index is 1.94. The van der Waals surface area contributed by atoms with Crippen LogP contribution in [-0.4, -0.2) is 6.71 Å².